The number of pyridine rings is 2. The van der Waals surface area contributed by atoms with Gasteiger partial charge in [-0.1, -0.05) is 87.9 Å². The van der Waals surface area contributed by atoms with E-state index in [1.54, 1.807) is 0 Å². The average Bonchev–Trinajstić information content (AvgIpc) is 2.92. The Morgan fingerprint density at radius 2 is 1.22 bits per heavy atom. The van der Waals surface area contributed by atoms with Gasteiger partial charge in [0.25, 0.3) is 0 Å². The van der Waals surface area contributed by atoms with Crippen LogP contribution in [0.1, 0.15) is 80.0 Å². The van der Waals surface area contributed by atoms with Crippen LogP contribution in [0.3, 0.4) is 0 Å². The van der Waals surface area contributed by atoms with Gasteiger partial charge in [0.15, 0.2) is 0 Å². The number of rotatable bonds is 5. The SMILES string of the molecule is CC(=Nc1c(C(C)C)cccc1C(C)C)c1ccc2ccc3ccc(-c4c(C)cc(C)cc4C)nc3c2n1.[Cl][Fe][Cl]. The summed E-state index contributed by atoms with van der Waals surface area (Å²) >= 11 is 0.194. The number of aromatic nitrogens is 2. The number of hydrogen-bond acceptors (Lipinski definition) is 3. The Balaban J connectivity index is 0.00000124. The summed E-state index contributed by atoms with van der Waals surface area (Å²) in [4.78, 5) is 15.5. The first kappa shape index (κ1) is 31.2. The predicted molar refractivity (Wildman–Crippen MR) is 175 cm³/mol. The maximum absolute atomic E-state index is 5.19. The zero-order valence-corrected chi connectivity index (χ0v) is 27.6. The second-order valence-electron chi connectivity index (χ2n) is 11.2. The van der Waals surface area contributed by atoms with E-state index in [0.717, 1.165) is 44.6 Å². The molecule has 0 radical (unpaired) electrons. The molecule has 0 aliphatic rings. The van der Waals surface area contributed by atoms with Crippen LogP contribution in [0, 0.1) is 20.8 Å². The Morgan fingerprint density at radius 1 is 0.732 bits per heavy atom. The third kappa shape index (κ3) is 6.84. The number of fused-ring (bicyclic) bond motifs is 3. The second-order valence-corrected chi connectivity index (χ2v) is 13.0. The monoisotopic (exact) mass is 625 g/mol. The molecule has 0 N–H and O–H groups in total. The minimum atomic E-state index is 0.194. The van der Waals surface area contributed by atoms with E-state index in [1.807, 2.05) is 0 Å². The molecule has 214 valence electrons. The van der Waals surface area contributed by atoms with E-state index in [4.69, 9.17) is 35.2 Å². The molecule has 0 unspecified atom stereocenters. The van der Waals surface area contributed by atoms with Crippen LogP contribution in [0.5, 0.6) is 0 Å². The average molecular weight is 626 g/mol. The van der Waals surface area contributed by atoms with Gasteiger partial charge in [-0.25, -0.2) is 9.97 Å². The van der Waals surface area contributed by atoms with E-state index in [2.05, 4.69) is 122 Å². The Morgan fingerprint density at radius 3 is 1.76 bits per heavy atom. The van der Waals surface area contributed by atoms with Crippen molar-refractivity contribution in [2.45, 2.75) is 67.2 Å². The molecule has 0 saturated heterocycles. The van der Waals surface area contributed by atoms with Gasteiger partial charge in [-0.15, -0.1) is 0 Å². The molecule has 6 heteroatoms. The van der Waals surface area contributed by atoms with E-state index in [1.165, 1.54) is 33.4 Å². The van der Waals surface area contributed by atoms with Crippen molar-refractivity contribution in [3.8, 4) is 11.3 Å². The van der Waals surface area contributed by atoms with Crippen LogP contribution >= 0.6 is 20.2 Å². The summed E-state index contributed by atoms with van der Waals surface area (Å²) in [6.07, 6.45) is 0. The third-order valence-corrected chi connectivity index (χ3v) is 7.45. The fraction of sp³-hybridized carbons (Fsp3) is 0.286. The van der Waals surface area contributed by atoms with E-state index in [9.17, 15) is 0 Å². The van der Waals surface area contributed by atoms with Crippen LogP contribution in [-0.4, -0.2) is 15.7 Å². The standard InChI is InChI=1S/C35H37N3.2ClH.Fe/c1-20(2)28-10-9-11-29(21(3)4)35(28)36-25(8)30-16-14-26-12-13-27-15-17-31(38-34(27)33(26)37-30)32-23(6)18-22(5)19-24(32)7;;;/h9-21H,1-8H3;2*1H;/q;;;+2/p-2. The van der Waals surface area contributed by atoms with E-state index in [0.29, 0.717) is 11.8 Å². The number of hydrogen-bond donors (Lipinski definition) is 0. The second kappa shape index (κ2) is 13.5. The fourth-order valence-electron chi connectivity index (χ4n) is 5.56. The van der Waals surface area contributed by atoms with Crippen LogP contribution < -0.4 is 0 Å². The number of aliphatic imine (C=N–C) groups is 1. The molecule has 0 bridgehead atoms. The molecule has 3 nitrogen and oxygen atoms in total. The first-order valence-corrected chi connectivity index (χ1v) is 16.9. The summed E-state index contributed by atoms with van der Waals surface area (Å²) in [6.45, 7) is 17.5. The van der Waals surface area contributed by atoms with Gasteiger partial charge in [0.2, 0.25) is 0 Å². The van der Waals surface area contributed by atoms with Gasteiger partial charge < -0.3 is 0 Å². The first-order valence-electron chi connectivity index (χ1n) is 13.9. The zero-order chi connectivity index (χ0) is 29.8. The Bertz CT molecular complexity index is 1690. The molecular weight excluding hydrogens is 589 g/mol. The van der Waals surface area contributed by atoms with Gasteiger partial charge in [-0.2, -0.15) is 0 Å². The van der Waals surface area contributed by atoms with E-state index < -0.39 is 0 Å². The molecular formula is C35H37Cl2FeN3. The molecule has 41 heavy (non-hydrogen) atoms. The third-order valence-electron chi connectivity index (χ3n) is 7.45. The van der Waals surface area contributed by atoms with E-state index in [-0.39, 0.29) is 13.1 Å². The summed E-state index contributed by atoms with van der Waals surface area (Å²) in [7, 11) is 9.53. The topological polar surface area (TPSA) is 38.1 Å². The normalized spacial score (nSPS) is 12.0. The van der Waals surface area contributed by atoms with Gasteiger partial charge >= 0.3 is 33.3 Å². The number of para-hydroxylation sites is 1. The van der Waals surface area contributed by atoms with Gasteiger partial charge in [0.1, 0.15) is 0 Å². The molecule has 2 heterocycles. The van der Waals surface area contributed by atoms with Crippen molar-refractivity contribution >= 4 is 53.4 Å². The van der Waals surface area contributed by atoms with Crippen LogP contribution in [-0.2, 0) is 13.1 Å². The van der Waals surface area contributed by atoms with Crippen molar-refractivity contribution in [2.75, 3.05) is 0 Å². The summed E-state index contributed by atoms with van der Waals surface area (Å²) in [6, 6.07) is 23.8. The van der Waals surface area contributed by atoms with Crippen LogP contribution in [0.4, 0.5) is 5.69 Å². The number of nitrogens with zero attached hydrogens (tertiary/aromatic N) is 3. The summed E-state index contributed by atoms with van der Waals surface area (Å²) in [5, 5.41) is 2.18. The predicted octanol–water partition coefficient (Wildman–Crippen LogP) is 11.1. The first-order chi connectivity index (χ1) is 19.5. The fourth-order valence-corrected chi connectivity index (χ4v) is 5.56. The van der Waals surface area contributed by atoms with Crippen molar-refractivity contribution in [3.63, 3.8) is 0 Å². The summed E-state index contributed by atoms with van der Waals surface area (Å²) in [5.41, 5.74) is 13.2. The summed E-state index contributed by atoms with van der Waals surface area (Å²) in [5.74, 6) is 0.787. The van der Waals surface area contributed by atoms with Gasteiger partial charge in [0.05, 0.1) is 33.8 Å². The molecule has 0 aliphatic carbocycles. The summed E-state index contributed by atoms with van der Waals surface area (Å²) < 4.78 is 0. The van der Waals surface area contributed by atoms with Gasteiger partial charge in [0, 0.05) is 16.3 Å². The van der Waals surface area contributed by atoms with Gasteiger partial charge in [-0.3, -0.25) is 4.99 Å². The van der Waals surface area contributed by atoms with Crippen LogP contribution in [0.25, 0.3) is 33.1 Å². The number of aryl methyl sites for hydroxylation is 3. The maximum atomic E-state index is 5.19. The molecule has 0 aliphatic heterocycles. The van der Waals surface area contributed by atoms with Crippen molar-refractivity contribution in [1.29, 1.82) is 0 Å². The quantitative estimate of drug-likeness (QED) is 0.111. The van der Waals surface area contributed by atoms with E-state index >= 15 is 0 Å². The molecule has 0 spiro atoms. The molecule has 5 aromatic rings. The van der Waals surface area contributed by atoms with Crippen molar-refractivity contribution < 1.29 is 13.1 Å². The Labute approximate surface area is 259 Å². The molecule has 3 aromatic carbocycles. The Kier molecular flexibility index (Phi) is 10.3. The molecule has 0 amide bonds. The molecule has 0 atom stereocenters. The van der Waals surface area contributed by atoms with Crippen LogP contribution in [0.2, 0.25) is 0 Å². The zero-order valence-electron chi connectivity index (χ0n) is 25.0. The molecule has 2 aromatic heterocycles. The van der Waals surface area contributed by atoms with Crippen LogP contribution in [0.15, 0.2) is 71.7 Å². The molecule has 0 saturated carbocycles. The van der Waals surface area contributed by atoms with Crippen molar-refractivity contribution in [2.24, 2.45) is 4.99 Å². The van der Waals surface area contributed by atoms with Gasteiger partial charge in [-0.05, 0) is 73.9 Å². The Hall–Kier alpha value is -2.75. The number of halogens is 2. The molecule has 5 rings (SSSR count). The van der Waals surface area contributed by atoms with Crippen molar-refractivity contribution in [1.82, 2.24) is 9.97 Å². The number of benzene rings is 3. The van der Waals surface area contributed by atoms with Crippen molar-refractivity contribution in [3.05, 3.63) is 100 Å². The minimum absolute atomic E-state index is 0.194. The molecule has 0 fully saturated rings.